The van der Waals surface area contributed by atoms with Crippen LogP contribution in [0.5, 0.6) is 0 Å². The van der Waals surface area contributed by atoms with Crippen molar-refractivity contribution in [2.45, 2.75) is 0 Å². The molecule has 1 aliphatic rings. The van der Waals surface area contributed by atoms with E-state index in [1.165, 1.54) is 5.98 Å². The van der Waals surface area contributed by atoms with Gasteiger partial charge in [0.15, 0.2) is 0 Å². The summed E-state index contributed by atoms with van der Waals surface area (Å²) in [4.78, 5) is 9.78. The molecule has 36 valence electrons. The van der Waals surface area contributed by atoms with Gasteiger partial charge in [-0.3, -0.25) is 0 Å². The topological polar surface area (TPSA) is 35.5 Å². The van der Waals surface area contributed by atoms with Crippen LogP contribution in [0.4, 0.5) is 4.79 Å². The quantitative estimate of drug-likeness (QED) is 0.444. The molecule has 0 aromatic carbocycles. The van der Waals surface area contributed by atoms with Crippen LogP contribution in [0.25, 0.3) is 0 Å². The highest BCUT2D eigenvalue weighted by Gasteiger charge is 2.34. The standard InChI is InChI=1S/C3H3BO3/c1-2-4-6-3(5)7-4/h2H,1H2. The van der Waals surface area contributed by atoms with Crippen molar-refractivity contribution >= 4 is 13.3 Å². The van der Waals surface area contributed by atoms with Crippen molar-refractivity contribution in [2.24, 2.45) is 0 Å². The van der Waals surface area contributed by atoms with Crippen LogP contribution in [0.3, 0.4) is 0 Å². The molecular formula is C3H3BO3. The fourth-order valence-electron chi connectivity index (χ4n) is 0.295. The lowest BCUT2D eigenvalue weighted by atomic mass is 9.89. The Kier molecular flexibility index (Phi) is 0.783. The van der Waals surface area contributed by atoms with Gasteiger partial charge in [-0.25, -0.2) is 4.79 Å². The van der Waals surface area contributed by atoms with Crippen LogP contribution < -0.4 is 0 Å². The second-order valence-corrected chi connectivity index (χ2v) is 1.09. The third-order valence-electron chi connectivity index (χ3n) is 0.617. The SMILES string of the molecule is C=CB1OC(=O)O1. The zero-order valence-corrected chi connectivity index (χ0v) is 3.59. The third kappa shape index (κ3) is 0.583. The summed E-state index contributed by atoms with van der Waals surface area (Å²) in [7, 11) is -0.493. The molecule has 0 spiro atoms. The lowest BCUT2D eigenvalue weighted by Crippen LogP contribution is -2.38. The van der Waals surface area contributed by atoms with E-state index >= 15 is 0 Å². The van der Waals surface area contributed by atoms with Gasteiger partial charge in [0.25, 0.3) is 0 Å². The van der Waals surface area contributed by atoms with Crippen LogP contribution in [-0.2, 0) is 9.31 Å². The molecule has 0 atom stereocenters. The Hall–Kier alpha value is -0.925. The summed E-state index contributed by atoms with van der Waals surface area (Å²) >= 11 is 0. The molecule has 4 heteroatoms. The zero-order valence-electron chi connectivity index (χ0n) is 3.59. The molecule has 0 aromatic rings. The molecule has 1 rings (SSSR count). The highest BCUT2D eigenvalue weighted by molar-refractivity contribution is 6.58. The van der Waals surface area contributed by atoms with E-state index in [2.05, 4.69) is 15.9 Å². The normalized spacial score (nSPS) is 16.6. The van der Waals surface area contributed by atoms with E-state index in [0.29, 0.717) is 0 Å². The smallest absolute Gasteiger partial charge is 0.464 e. The van der Waals surface area contributed by atoms with Crippen molar-refractivity contribution in [3.8, 4) is 0 Å². The molecule has 7 heavy (non-hydrogen) atoms. The molecule has 0 bridgehead atoms. The van der Waals surface area contributed by atoms with Crippen LogP contribution in [-0.4, -0.2) is 13.3 Å². The van der Waals surface area contributed by atoms with E-state index in [0.717, 1.165) is 0 Å². The Morgan fingerprint density at radius 2 is 2.29 bits per heavy atom. The van der Waals surface area contributed by atoms with E-state index in [9.17, 15) is 4.79 Å². The molecule has 1 fully saturated rings. The predicted molar refractivity (Wildman–Crippen MR) is 23.5 cm³/mol. The summed E-state index contributed by atoms with van der Waals surface area (Å²) in [6, 6.07) is 0. The minimum Gasteiger partial charge on any atom is -0.464 e. The lowest BCUT2D eigenvalue weighted by Gasteiger charge is -2.17. The van der Waals surface area contributed by atoms with Gasteiger partial charge in [-0.05, 0) is 5.98 Å². The highest BCUT2D eigenvalue weighted by Crippen LogP contribution is 2.04. The van der Waals surface area contributed by atoms with Crippen molar-refractivity contribution in [2.75, 3.05) is 0 Å². The predicted octanol–water partition coefficient (Wildman–Crippen LogP) is 0.367. The van der Waals surface area contributed by atoms with Crippen LogP contribution >= 0.6 is 0 Å². The number of hydrogen-bond donors (Lipinski definition) is 0. The van der Waals surface area contributed by atoms with Gasteiger partial charge in [0.1, 0.15) is 0 Å². The molecule has 0 N–H and O–H groups in total. The first-order chi connectivity index (χ1) is 3.33. The van der Waals surface area contributed by atoms with E-state index in [4.69, 9.17) is 0 Å². The van der Waals surface area contributed by atoms with Gasteiger partial charge in [-0.1, -0.05) is 0 Å². The maximum absolute atomic E-state index is 9.78. The number of hydrogen-bond acceptors (Lipinski definition) is 3. The Morgan fingerprint density at radius 1 is 1.71 bits per heavy atom. The van der Waals surface area contributed by atoms with Gasteiger partial charge in [0.2, 0.25) is 0 Å². The summed E-state index contributed by atoms with van der Waals surface area (Å²) in [5.41, 5.74) is 0. The summed E-state index contributed by atoms with van der Waals surface area (Å²) in [5.74, 6) is 1.40. The Bertz CT molecular complexity index is 103. The maximum Gasteiger partial charge on any atom is 0.632 e. The van der Waals surface area contributed by atoms with Crippen molar-refractivity contribution < 1.29 is 14.1 Å². The molecule has 0 aliphatic carbocycles. The van der Waals surface area contributed by atoms with E-state index in [1.54, 1.807) is 0 Å². The average molecular weight is 97.9 g/mol. The van der Waals surface area contributed by atoms with Crippen molar-refractivity contribution in [3.63, 3.8) is 0 Å². The molecule has 3 nitrogen and oxygen atoms in total. The Morgan fingerprint density at radius 3 is 2.43 bits per heavy atom. The summed E-state index contributed by atoms with van der Waals surface area (Å²) < 4.78 is 8.62. The summed E-state index contributed by atoms with van der Waals surface area (Å²) in [6.07, 6.45) is -0.620. The van der Waals surface area contributed by atoms with Crippen LogP contribution in [0.2, 0.25) is 0 Å². The van der Waals surface area contributed by atoms with Gasteiger partial charge in [0, 0.05) is 0 Å². The van der Waals surface area contributed by atoms with Crippen LogP contribution in [0, 0.1) is 0 Å². The van der Waals surface area contributed by atoms with Gasteiger partial charge in [0.05, 0.1) is 0 Å². The minimum absolute atomic E-state index is 0.493. The Balaban J connectivity index is 2.29. The Labute approximate surface area is 41.1 Å². The fraction of sp³-hybridized carbons (Fsp3) is 0. The van der Waals surface area contributed by atoms with Gasteiger partial charge >= 0.3 is 13.3 Å². The first kappa shape index (κ1) is 4.24. The number of rotatable bonds is 1. The van der Waals surface area contributed by atoms with Crippen molar-refractivity contribution in [1.29, 1.82) is 0 Å². The molecule has 0 radical (unpaired) electrons. The van der Waals surface area contributed by atoms with E-state index < -0.39 is 13.3 Å². The zero-order chi connectivity index (χ0) is 5.28. The second-order valence-electron chi connectivity index (χ2n) is 1.09. The molecule has 0 saturated carbocycles. The van der Waals surface area contributed by atoms with Crippen molar-refractivity contribution in [3.05, 3.63) is 12.6 Å². The number of carbonyl (C=O) groups is 1. The molecule has 1 saturated heterocycles. The fourth-order valence-corrected chi connectivity index (χ4v) is 0.295. The van der Waals surface area contributed by atoms with Crippen molar-refractivity contribution in [1.82, 2.24) is 0 Å². The molecular weight excluding hydrogens is 94.8 g/mol. The molecule has 1 aliphatic heterocycles. The van der Waals surface area contributed by atoms with Crippen LogP contribution in [0.1, 0.15) is 0 Å². The minimum atomic E-state index is -0.620. The van der Waals surface area contributed by atoms with Gasteiger partial charge in [-0.2, -0.15) is 0 Å². The molecule has 0 aromatic heterocycles. The highest BCUT2D eigenvalue weighted by atomic mass is 16.8. The average Bonchev–Trinajstić information content (AvgIpc) is 1.58. The maximum atomic E-state index is 9.78. The van der Waals surface area contributed by atoms with E-state index in [1.807, 2.05) is 0 Å². The first-order valence-corrected chi connectivity index (χ1v) is 1.83. The first-order valence-electron chi connectivity index (χ1n) is 1.83. The molecule has 0 amide bonds. The molecule has 0 unspecified atom stereocenters. The largest absolute Gasteiger partial charge is 0.632 e. The molecule has 1 heterocycles. The van der Waals surface area contributed by atoms with Crippen LogP contribution in [0.15, 0.2) is 12.6 Å². The summed E-state index contributed by atoms with van der Waals surface area (Å²) in [5, 5.41) is 0. The van der Waals surface area contributed by atoms with E-state index in [-0.39, 0.29) is 0 Å². The number of carbonyl (C=O) groups excluding carboxylic acids is 1. The summed E-state index contributed by atoms with van der Waals surface area (Å²) in [6.45, 7) is 3.31. The third-order valence-corrected chi connectivity index (χ3v) is 0.617. The lowest BCUT2D eigenvalue weighted by molar-refractivity contribution is 0.0940. The van der Waals surface area contributed by atoms with Gasteiger partial charge in [-0.15, -0.1) is 6.58 Å². The second kappa shape index (κ2) is 1.29. The van der Waals surface area contributed by atoms with Gasteiger partial charge < -0.3 is 9.31 Å². The monoisotopic (exact) mass is 98.0 g/mol.